The Hall–Kier alpha value is 0.570. The van der Waals surface area contributed by atoms with E-state index in [1.54, 1.807) is 0 Å². The number of hydrogen-bond acceptors (Lipinski definition) is 4. The van der Waals surface area contributed by atoms with Gasteiger partial charge in [-0.1, -0.05) is 22.6 Å². The molecule has 3 atom stereocenters. The molecule has 0 amide bonds. The summed E-state index contributed by atoms with van der Waals surface area (Å²) in [5, 5.41) is 34.9. The molecule has 0 radical (unpaired) electrons. The second-order valence-electron chi connectivity index (χ2n) is 1.96. The van der Waals surface area contributed by atoms with Gasteiger partial charge in [0.05, 0.1) is 12.7 Å². The normalized spacial score (nSPS) is 20.1. The maximum atomic E-state index is 8.92. The van der Waals surface area contributed by atoms with Crippen LogP contribution in [0.2, 0.25) is 0 Å². The first-order valence-electron chi connectivity index (χ1n) is 2.84. The Morgan fingerprint density at radius 2 is 1.60 bits per heavy atom. The number of rotatable bonds is 4. The van der Waals surface area contributed by atoms with E-state index in [0.717, 1.165) is 0 Å². The topological polar surface area (TPSA) is 80.9 Å². The molecule has 0 spiro atoms. The summed E-state index contributed by atoms with van der Waals surface area (Å²) in [5.41, 5.74) is 0. The van der Waals surface area contributed by atoms with Crippen molar-refractivity contribution in [1.29, 1.82) is 0 Å². The van der Waals surface area contributed by atoms with Crippen LogP contribution < -0.4 is 0 Å². The molecule has 4 nitrogen and oxygen atoms in total. The summed E-state index contributed by atoms with van der Waals surface area (Å²) in [5.74, 6) is 0. The molecule has 0 aromatic heterocycles. The van der Waals surface area contributed by atoms with E-state index in [9.17, 15) is 0 Å². The second kappa shape index (κ2) is 5.25. The molecule has 0 aliphatic heterocycles. The van der Waals surface area contributed by atoms with Gasteiger partial charge in [-0.2, -0.15) is 0 Å². The van der Waals surface area contributed by atoms with Crippen LogP contribution in [0.15, 0.2) is 0 Å². The van der Waals surface area contributed by atoms with Gasteiger partial charge in [0.25, 0.3) is 0 Å². The molecule has 0 aromatic rings. The van der Waals surface area contributed by atoms with Crippen LogP contribution in [0.5, 0.6) is 0 Å². The molecule has 0 fully saturated rings. The van der Waals surface area contributed by atoms with E-state index in [-0.39, 0.29) is 0 Å². The Balaban J connectivity index is 3.69. The van der Waals surface area contributed by atoms with E-state index < -0.39 is 24.9 Å². The smallest absolute Gasteiger partial charge is 0.109 e. The van der Waals surface area contributed by atoms with Crippen LogP contribution in [-0.2, 0) is 0 Å². The van der Waals surface area contributed by atoms with Gasteiger partial charge in [-0.05, 0) is 0 Å². The molecule has 0 aliphatic rings. The molecule has 0 saturated heterocycles. The monoisotopic (exact) mass is 262 g/mol. The molecule has 10 heavy (non-hydrogen) atoms. The van der Waals surface area contributed by atoms with Crippen LogP contribution in [0.1, 0.15) is 0 Å². The molecule has 5 heteroatoms. The summed E-state index contributed by atoms with van der Waals surface area (Å²) >= 11 is 1.88. The fourth-order valence-electron chi connectivity index (χ4n) is 0.456. The van der Waals surface area contributed by atoms with Crippen LogP contribution in [0.4, 0.5) is 0 Å². The summed E-state index contributed by atoms with van der Waals surface area (Å²) < 4.78 is 0.329. The Morgan fingerprint density at radius 1 is 1.10 bits per heavy atom. The minimum absolute atomic E-state index is 0.329. The largest absolute Gasteiger partial charge is 0.394 e. The van der Waals surface area contributed by atoms with Crippen molar-refractivity contribution in [3.8, 4) is 0 Å². The number of aliphatic hydroxyl groups is 4. The zero-order chi connectivity index (χ0) is 8.15. The van der Waals surface area contributed by atoms with E-state index in [1.807, 2.05) is 22.6 Å². The maximum absolute atomic E-state index is 8.92. The molecular weight excluding hydrogens is 251 g/mol. The fourth-order valence-corrected chi connectivity index (χ4v) is 0.977. The third-order valence-electron chi connectivity index (χ3n) is 1.13. The van der Waals surface area contributed by atoms with Crippen molar-refractivity contribution < 1.29 is 20.4 Å². The van der Waals surface area contributed by atoms with Gasteiger partial charge in [0.2, 0.25) is 0 Å². The molecule has 0 aromatic carbocycles. The van der Waals surface area contributed by atoms with Crippen molar-refractivity contribution in [3.63, 3.8) is 0 Å². The summed E-state index contributed by atoms with van der Waals surface area (Å²) in [6, 6.07) is 0. The first-order valence-corrected chi connectivity index (χ1v) is 4.37. The zero-order valence-corrected chi connectivity index (χ0v) is 7.47. The standard InChI is InChI=1S/C5H11IO4/c6-1-3(8)5(10)4(9)2-7/h3-5,7-10H,1-2H2/t3-,4+,5-/m0/s1. The van der Waals surface area contributed by atoms with Gasteiger partial charge in [-0.25, -0.2) is 0 Å². The first kappa shape index (κ1) is 10.6. The minimum atomic E-state index is -1.25. The van der Waals surface area contributed by atoms with Crippen molar-refractivity contribution in [3.05, 3.63) is 0 Å². The van der Waals surface area contributed by atoms with E-state index in [1.165, 1.54) is 0 Å². The summed E-state index contributed by atoms with van der Waals surface area (Å²) in [6.45, 7) is -0.533. The van der Waals surface area contributed by atoms with E-state index in [4.69, 9.17) is 20.4 Å². The molecule has 62 valence electrons. The number of halogens is 1. The molecule has 0 saturated carbocycles. The molecule has 0 bridgehead atoms. The lowest BCUT2D eigenvalue weighted by Gasteiger charge is -2.19. The van der Waals surface area contributed by atoms with Gasteiger partial charge in [0.1, 0.15) is 12.2 Å². The second-order valence-corrected chi connectivity index (χ2v) is 2.84. The fraction of sp³-hybridized carbons (Fsp3) is 1.00. The Labute approximate surface area is 72.6 Å². The van der Waals surface area contributed by atoms with Gasteiger partial charge in [-0.3, -0.25) is 0 Å². The predicted octanol–water partition coefficient (Wildman–Crippen LogP) is -1.50. The van der Waals surface area contributed by atoms with Crippen molar-refractivity contribution in [2.45, 2.75) is 18.3 Å². The van der Waals surface area contributed by atoms with Crippen molar-refractivity contribution in [2.24, 2.45) is 0 Å². The Kier molecular flexibility index (Phi) is 5.55. The van der Waals surface area contributed by atoms with Crippen molar-refractivity contribution >= 4 is 22.6 Å². The third-order valence-corrected chi connectivity index (χ3v) is 2.04. The average molecular weight is 262 g/mol. The molecular formula is C5H11IO4. The summed E-state index contributed by atoms with van der Waals surface area (Å²) in [7, 11) is 0. The lowest BCUT2D eigenvalue weighted by molar-refractivity contribution is -0.0675. The minimum Gasteiger partial charge on any atom is -0.394 e. The maximum Gasteiger partial charge on any atom is 0.109 e. The third kappa shape index (κ3) is 3.11. The number of alkyl halides is 1. The van der Waals surface area contributed by atoms with Crippen LogP contribution in [0.25, 0.3) is 0 Å². The molecule has 4 N–H and O–H groups in total. The van der Waals surface area contributed by atoms with Gasteiger partial charge in [0, 0.05) is 4.43 Å². The summed E-state index contributed by atoms with van der Waals surface area (Å²) in [6.07, 6.45) is -3.46. The highest BCUT2D eigenvalue weighted by atomic mass is 127. The first-order chi connectivity index (χ1) is 4.63. The van der Waals surface area contributed by atoms with E-state index in [0.29, 0.717) is 4.43 Å². The molecule has 0 heterocycles. The van der Waals surface area contributed by atoms with Crippen LogP contribution >= 0.6 is 22.6 Å². The zero-order valence-electron chi connectivity index (χ0n) is 5.31. The molecule has 0 aliphatic carbocycles. The van der Waals surface area contributed by atoms with Gasteiger partial charge in [-0.15, -0.1) is 0 Å². The predicted molar refractivity (Wildman–Crippen MR) is 44.0 cm³/mol. The highest BCUT2D eigenvalue weighted by Gasteiger charge is 2.22. The average Bonchev–Trinajstić information content (AvgIpc) is 2.00. The van der Waals surface area contributed by atoms with E-state index in [2.05, 4.69) is 0 Å². The van der Waals surface area contributed by atoms with Gasteiger partial charge >= 0.3 is 0 Å². The SMILES string of the molecule is OC[C@@H](O)[C@@H](O)[C@@H](O)CI. The van der Waals surface area contributed by atoms with Gasteiger partial charge in [0.15, 0.2) is 0 Å². The van der Waals surface area contributed by atoms with Gasteiger partial charge < -0.3 is 20.4 Å². The molecule has 0 unspecified atom stereocenters. The molecule has 0 rings (SSSR count). The van der Waals surface area contributed by atoms with Crippen LogP contribution in [0, 0.1) is 0 Å². The Morgan fingerprint density at radius 3 is 1.90 bits per heavy atom. The summed E-state index contributed by atoms with van der Waals surface area (Å²) in [4.78, 5) is 0. The Bertz CT molecular complexity index is 79.7. The lowest BCUT2D eigenvalue weighted by Crippen LogP contribution is -2.40. The van der Waals surface area contributed by atoms with Crippen molar-refractivity contribution in [1.82, 2.24) is 0 Å². The highest BCUT2D eigenvalue weighted by Crippen LogP contribution is 2.02. The highest BCUT2D eigenvalue weighted by molar-refractivity contribution is 14.1. The van der Waals surface area contributed by atoms with Crippen LogP contribution in [-0.4, -0.2) is 49.8 Å². The number of aliphatic hydroxyl groups excluding tert-OH is 4. The van der Waals surface area contributed by atoms with Crippen molar-refractivity contribution in [2.75, 3.05) is 11.0 Å². The lowest BCUT2D eigenvalue weighted by atomic mass is 10.1. The van der Waals surface area contributed by atoms with Crippen LogP contribution in [0.3, 0.4) is 0 Å². The van der Waals surface area contributed by atoms with E-state index >= 15 is 0 Å². The quantitative estimate of drug-likeness (QED) is 0.367. The number of hydrogen-bond donors (Lipinski definition) is 4.